The molecule has 9 heavy (non-hydrogen) atoms. The first kappa shape index (κ1) is 5.02. The molecule has 48 valence electrons. The lowest BCUT2D eigenvalue weighted by atomic mass is 10.1. The Bertz CT molecular complexity index is 185. The molecule has 3 heteroatoms. The maximum Gasteiger partial charge on any atom is 0.133 e. The van der Waals surface area contributed by atoms with Gasteiger partial charge >= 0.3 is 0 Å². The molecule has 1 aliphatic heterocycles. The van der Waals surface area contributed by atoms with E-state index in [4.69, 9.17) is 5.11 Å². The van der Waals surface area contributed by atoms with E-state index in [1.54, 1.807) is 0 Å². The van der Waals surface area contributed by atoms with Gasteiger partial charge in [-0.1, -0.05) is 12.2 Å². The van der Waals surface area contributed by atoms with Crippen LogP contribution in [0.5, 0.6) is 0 Å². The highest BCUT2D eigenvalue weighted by Crippen LogP contribution is 2.22. The molecule has 0 spiro atoms. The quantitative estimate of drug-likeness (QED) is 0.407. The normalized spacial score (nSPS) is 38.1. The molecule has 1 fully saturated rings. The maximum absolute atomic E-state index is 9.13. The van der Waals surface area contributed by atoms with Crippen molar-refractivity contribution < 1.29 is 5.11 Å². The fourth-order valence-corrected chi connectivity index (χ4v) is 1.14. The van der Waals surface area contributed by atoms with Crippen molar-refractivity contribution in [3.63, 3.8) is 0 Å². The van der Waals surface area contributed by atoms with E-state index in [1.165, 1.54) is 0 Å². The second-order valence-electron chi connectivity index (χ2n) is 2.25. The fourth-order valence-electron chi connectivity index (χ4n) is 1.14. The van der Waals surface area contributed by atoms with Crippen molar-refractivity contribution >= 4 is 0 Å². The molecule has 0 aromatic rings. The van der Waals surface area contributed by atoms with Gasteiger partial charge in [0.25, 0.3) is 0 Å². The summed E-state index contributed by atoms with van der Waals surface area (Å²) in [6.45, 7) is 0. The summed E-state index contributed by atoms with van der Waals surface area (Å²) in [5.74, 6) is 0.157. The van der Waals surface area contributed by atoms with Gasteiger partial charge in [-0.25, -0.2) is 5.43 Å². The van der Waals surface area contributed by atoms with E-state index in [2.05, 4.69) is 10.9 Å². The van der Waals surface area contributed by atoms with Crippen LogP contribution in [0, 0.1) is 5.92 Å². The predicted molar refractivity (Wildman–Crippen MR) is 33.0 cm³/mol. The van der Waals surface area contributed by atoms with Crippen molar-refractivity contribution in [1.82, 2.24) is 10.9 Å². The Morgan fingerprint density at radius 1 is 1.56 bits per heavy atom. The first-order valence-electron chi connectivity index (χ1n) is 2.96. The minimum Gasteiger partial charge on any atom is -0.376 e. The molecular formula is C6H8N2O. The zero-order valence-electron chi connectivity index (χ0n) is 4.83. The van der Waals surface area contributed by atoms with Crippen molar-refractivity contribution in [1.29, 1.82) is 0 Å². The van der Waals surface area contributed by atoms with Gasteiger partial charge in [0.2, 0.25) is 0 Å². The van der Waals surface area contributed by atoms with Crippen molar-refractivity contribution in [3.8, 4) is 0 Å². The van der Waals surface area contributed by atoms with E-state index in [0.29, 0.717) is 0 Å². The first-order chi connectivity index (χ1) is 4.38. The number of hydrazine groups is 1. The second kappa shape index (κ2) is 1.59. The standard InChI is InChI=1S/C6H8N2O/c9-6-4-2-1-3-5(4)7-8-6/h1-4,6-9H. The van der Waals surface area contributed by atoms with Crippen LogP contribution >= 0.6 is 0 Å². The summed E-state index contributed by atoms with van der Waals surface area (Å²) >= 11 is 0. The van der Waals surface area contributed by atoms with E-state index in [0.717, 1.165) is 5.70 Å². The fraction of sp³-hybridized carbons (Fsp3) is 0.333. The van der Waals surface area contributed by atoms with E-state index in [-0.39, 0.29) is 5.92 Å². The van der Waals surface area contributed by atoms with Gasteiger partial charge in [0.15, 0.2) is 0 Å². The second-order valence-corrected chi connectivity index (χ2v) is 2.25. The largest absolute Gasteiger partial charge is 0.376 e. The predicted octanol–water partition coefficient (Wildman–Crippen LogP) is -0.518. The minimum atomic E-state index is -0.449. The summed E-state index contributed by atoms with van der Waals surface area (Å²) in [4.78, 5) is 0. The van der Waals surface area contributed by atoms with Crippen molar-refractivity contribution in [2.24, 2.45) is 5.92 Å². The number of allylic oxidation sites excluding steroid dienone is 2. The molecule has 0 aromatic carbocycles. The summed E-state index contributed by atoms with van der Waals surface area (Å²) in [6, 6.07) is 0. The summed E-state index contributed by atoms with van der Waals surface area (Å²) in [5, 5.41) is 9.13. The number of aliphatic hydroxyl groups excluding tert-OH is 1. The Kier molecular flexibility index (Phi) is 0.886. The molecular weight excluding hydrogens is 116 g/mol. The Morgan fingerprint density at radius 2 is 2.44 bits per heavy atom. The number of fused-ring (bicyclic) bond motifs is 1. The molecule has 1 saturated heterocycles. The molecule has 0 bridgehead atoms. The van der Waals surface area contributed by atoms with Crippen LogP contribution in [0.4, 0.5) is 0 Å². The van der Waals surface area contributed by atoms with Crippen LogP contribution in [-0.2, 0) is 0 Å². The van der Waals surface area contributed by atoms with E-state index in [1.807, 2.05) is 18.2 Å². The molecule has 2 unspecified atom stereocenters. The Balaban J connectivity index is 2.27. The van der Waals surface area contributed by atoms with Crippen LogP contribution in [0.1, 0.15) is 0 Å². The van der Waals surface area contributed by atoms with Crippen LogP contribution in [-0.4, -0.2) is 11.3 Å². The SMILES string of the molecule is OC1NNC2=CC=CC21. The number of hydrogen-bond acceptors (Lipinski definition) is 3. The summed E-state index contributed by atoms with van der Waals surface area (Å²) in [6.07, 6.45) is 5.41. The van der Waals surface area contributed by atoms with Gasteiger partial charge in [-0.2, -0.15) is 0 Å². The van der Waals surface area contributed by atoms with Crippen molar-refractivity contribution in [2.45, 2.75) is 6.23 Å². The average Bonchev–Trinajstić information content (AvgIpc) is 2.35. The van der Waals surface area contributed by atoms with Crippen LogP contribution in [0.3, 0.4) is 0 Å². The molecule has 1 heterocycles. The van der Waals surface area contributed by atoms with Gasteiger partial charge in [-0.15, -0.1) is 0 Å². The summed E-state index contributed by atoms with van der Waals surface area (Å²) in [5.41, 5.74) is 6.63. The van der Waals surface area contributed by atoms with Crippen LogP contribution in [0.2, 0.25) is 0 Å². The molecule has 1 aliphatic carbocycles. The number of rotatable bonds is 0. The van der Waals surface area contributed by atoms with Gasteiger partial charge in [-0.05, 0) is 6.08 Å². The molecule has 3 N–H and O–H groups in total. The average molecular weight is 124 g/mol. The molecule has 0 radical (unpaired) electrons. The van der Waals surface area contributed by atoms with Crippen LogP contribution < -0.4 is 10.9 Å². The van der Waals surface area contributed by atoms with Crippen molar-refractivity contribution in [2.75, 3.05) is 0 Å². The highest BCUT2D eigenvalue weighted by molar-refractivity contribution is 5.29. The first-order valence-corrected chi connectivity index (χ1v) is 2.96. The topological polar surface area (TPSA) is 44.3 Å². The van der Waals surface area contributed by atoms with E-state index >= 15 is 0 Å². The molecule has 3 nitrogen and oxygen atoms in total. The lowest BCUT2D eigenvalue weighted by Crippen LogP contribution is -2.30. The number of nitrogens with one attached hydrogen (secondary N) is 2. The van der Waals surface area contributed by atoms with Gasteiger partial charge in [-0.3, -0.25) is 0 Å². The Morgan fingerprint density at radius 3 is 3.22 bits per heavy atom. The van der Waals surface area contributed by atoms with Gasteiger partial charge in [0.1, 0.15) is 6.23 Å². The minimum absolute atomic E-state index is 0.157. The third-order valence-electron chi connectivity index (χ3n) is 1.66. The van der Waals surface area contributed by atoms with Gasteiger partial charge in [0, 0.05) is 5.70 Å². The maximum atomic E-state index is 9.13. The number of aliphatic hydroxyl groups is 1. The zero-order valence-corrected chi connectivity index (χ0v) is 4.83. The van der Waals surface area contributed by atoms with Crippen molar-refractivity contribution in [3.05, 3.63) is 23.9 Å². The van der Waals surface area contributed by atoms with E-state index in [9.17, 15) is 0 Å². The third-order valence-corrected chi connectivity index (χ3v) is 1.66. The van der Waals surface area contributed by atoms with Gasteiger partial charge in [0.05, 0.1) is 5.92 Å². The summed E-state index contributed by atoms with van der Waals surface area (Å²) < 4.78 is 0. The highest BCUT2D eigenvalue weighted by atomic mass is 16.3. The lowest BCUT2D eigenvalue weighted by molar-refractivity contribution is 0.130. The zero-order chi connectivity index (χ0) is 6.27. The Labute approximate surface area is 53.0 Å². The molecule has 2 rings (SSSR count). The van der Waals surface area contributed by atoms with Crippen LogP contribution in [0.15, 0.2) is 23.9 Å². The molecule has 0 aromatic heterocycles. The van der Waals surface area contributed by atoms with E-state index < -0.39 is 6.23 Å². The smallest absolute Gasteiger partial charge is 0.133 e. The molecule has 0 amide bonds. The molecule has 2 atom stereocenters. The monoisotopic (exact) mass is 124 g/mol. The number of hydrogen-bond donors (Lipinski definition) is 3. The third kappa shape index (κ3) is 0.588. The Hall–Kier alpha value is -0.800. The molecule has 0 saturated carbocycles. The molecule has 2 aliphatic rings. The lowest BCUT2D eigenvalue weighted by Gasteiger charge is -2.03. The van der Waals surface area contributed by atoms with Crippen LogP contribution in [0.25, 0.3) is 0 Å². The van der Waals surface area contributed by atoms with Gasteiger partial charge < -0.3 is 10.5 Å². The highest BCUT2D eigenvalue weighted by Gasteiger charge is 2.28. The summed E-state index contributed by atoms with van der Waals surface area (Å²) in [7, 11) is 0.